The average molecular weight is 266 g/mol. The zero-order chi connectivity index (χ0) is 14.0. The van der Waals surface area contributed by atoms with Gasteiger partial charge in [-0.1, -0.05) is 0 Å². The van der Waals surface area contributed by atoms with E-state index in [-0.39, 0.29) is 6.42 Å². The highest BCUT2D eigenvalue weighted by atomic mass is 16.5. The number of ether oxygens (including phenoxy) is 3. The first-order chi connectivity index (χ1) is 9.05. The van der Waals surface area contributed by atoms with Crippen LogP contribution in [0.2, 0.25) is 0 Å². The molecule has 0 aromatic heterocycles. The van der Waals surface area contributed by atoms with Crippen LogP contribution < -0.4 is 9.47 Å². The molecule has 0 aliphatic heterocycles. The van der Waals surface area contributed by atoms with Crippen molar-refractivity contribution >= 4 is 5.97 Å². The van der Waals surface area contributed by atoms with Gasteiger partial charge in [-0.25, -0.2) is 4.79 Å². The van der Waals surface area contributed by atoms with Crippen LogP contribution in [-0.4, -0.2) is 38.0 Å². The van der Waals surface area contributed by atoms with Gasteiger partial charge in [-0.3, -0.25) is 0 Å². The number of hydrogen-bond acceptors (Lipinski definition) is 5. The van der Waals surface area contributed by atoms with E-state index in [1.165, 1.54) is 7.11 Å². The Bertz CT molecular complexity index is 497. The van der Waals surface area contributed by atoms with Crippen LogP contribution in [0.25, 0.3) is 0 Å². The summed E-state index contributed by atoms with van der Waals surface area (Å²) in [4.78, 5) is 11.7. The zero-order valence-corrected chi connectivity index (χ0v) is 11.4. The van der Waals surface area contributed by atoms with Gasteiger partial charge in [-0.05, 0) is 25.0 Å². The fourth-order valence-electron chi connectivity index (χ4n) is 2.58. The van der Waals surface area contributed by atoms with Gasteiger partial charge in [0.1, 0.15) is 11.5 Å². The Morgan fingerprint density at radius 2 is 1.74 bits per heavy atom. The van der Waals surface area contributed by atoms with Gasteiger partial charge in [0.05, 0.1) is 21.3 Å². The number of benzene rings is 1. The molecule has 0 bridgehead atoms. The van der Waals surface area contributed by atoms with Crippen molar-refractivity contribution in [1.29, 1.82) is 0 Å². The minimum Gasteiger partial charge on any atom is -0.496 e. The van der Waals surface area contributed by atoms with Gasteiger partial charge in [0, 0.05) is 17.5 Å². The second kappa shape index (κ2) is 5.09. The summed E-state index contributed by atoms with van der Waals surface area (Å²) < 4.78 is 15.3. The maximum Gasteiger partial charge on any atom is 0.338 e. The Morgan fingerprint density at radius 3 is 2.26 bits per heavy atom. The number of carbonyl (C=O) groups excluding carboxylic acids is 1. The molecular weight excluding hydrogens is 248 g/mol. The maximum atomic E-state index is 11.7. The number of carbonyl (C=O) groups is 1. The Labute approximate surface area is 112 Å². The van der Waals surface area contributed by atoms with Crippen LogP contribution in [0.1, 0.15) is 17.5 Å². The van der Waals surface area contributed by atoms with Crippen molar-refractivity contribution in [2.75, 3.05) is 21.3 Å². The van der Waals surface area contributed by atoms with Crippen molar-refractivity contribution in [1.82, 2.24) is 0 Å². The fourth-order valence-corrected chi connectivity index (χ4v) is 2.58. The average Bonchev–Trinajstić information content (AvgIpc) is 2.44. The fraction of sp³-hybridized carbons (Fsp3) is 0.500. The maximum absolute atomic E-state index is 11.7. The van der Waals surface area contributed by atoms with Crippen LogP contribution in [0.15, 0.2) is 12.1 Å². The minimum atomic E-state index is -1.48. The molecule has 0 heterocycles. The minimum absolute atomic E-state index is 0.176. The van der Waals surface area contributed by atoms with Crippen LogP contribution in [0.3, 0.4) is 0 Å². The second-order valence-corrected chi connectivity index (χ2v) is 4.63. The molecule has 1 unspecified atom stereocenters. The Balaban J connectivity index is 2.46. The summed E-state index contributed by atoms with van der Waals surface area (Å²) in [6.45, 7) is 0. The predicted octanol–water partition coefficient (Wildman–Crippen LogP) is 1.10. The van der Waals surface area contributed by atoms with E-state index in [0.29, 0.717) is 18.6 Å². The number of hydrogen-bond donors (Lipinski definition) is 1. The smallest absolute Gasteiger partial charge is 0.338 e. The Kier molecular flexibility index (Phi) is 3.66. The first-order valence-corrected chi connectivity index (χ1v) is 6.09. The van der Waals surface area contributed by atoms with Crippen molar-refractivity contribution in [3.63, 3.8) is 0 Å². The Morgan fingerprint density at radius 1 is 1.16 bits per heavy atom. The highest BCUT2D eigenvalue weighted by Crippen LogP contribution is 2.39. The molecule has 0 fully saturated rings. The summed E-state index contributed by atoms with van der Waals surface area (Å²) in [5.74, 6) is 0.795. The number of rotatable bonds is 3. The molecule has 19 heavy (non-hydrogen) atoms. The van der Waals surface area contributed by atoms with Gasteiger partial charge >= 0.3 is 5.97 Å². The molecule has 5 nitrogen and oxygen atoms in total. The third-order valence-corrected chi connectivity index (χ3v) is 3.61. The summed E-state index contributed by atoms with van der Waals surface area (Å²) in [7, 11) is 4.44. The summed E-state index contributed by atoms with van der Waals surface area (Å²) >= 11 is 0. The number of fused-ring (bicyclic) bond motifs is 1. The van der Waals surface area contributed by atoms with E-state index >= 15 is 0 Å². The molecule has 1 aliphatic rings. The molecule has 1 aliphatic carbocycles. The lowest BCUT2D eigenvalue weighted by molar-refractivity contribution is -0.163. The first-order valence-electron chi connectivity index (χ1n) is 6.09. The number of methoxy groups -OCH3 is 3. The summed E-state index contributed by atoms with van der Waals surface area (Å²) in [6.07, 6.45) is 1.03. The van der Waals surface area contributed by atoms with Crippen LogP contribution >= 0.6 is 0 Å². The van der Waals surface area contributed by atoms with Gasteiger partial charge in [0.25, 0.3) is 0 Å². The van der Waals surface area contributed by atoms with E-state index in [0.717, 1.165) is 16.9 Å². The second-order valence-electron chi connectivity index (χ2n) is 4.63. The molecule has 104 valence electrons. The summed E-state index contributed by atoms with van der Waals surface area (Å²) in [5, 5.41) is 10.4. The zero-order valence-electron chi connectivity index (χ0n) is 11.4. The highest BCUT2D eigenvalue weighted by Gasteiger charge is 2.42. The standard InChI is InChI=1S/C14H18O5/c1-17-11-4-5-12(18-2)10-8-14(16,13(15)19-3)7-6-9(10)11/h4-5,16H,6-8H2,1-3H3. The lowest BCUT2D eigenvalue weighted by Gasteiger charge is -2.32. The molecule has 0 radical (unpaired) electrons. The molecule has 1 aromatic carbocycles. The largest absolute Gasteiger partial charge is 0.496 e. The van der Waals surface area contributed by atoms with Gasteiger partial charge in [0.15, 0.2) is 5.60 Å². The van der Waals surface area contributed by atoms with Gasteiger partial charge in [-0.15, -0.1) is 0 Å². The van der Waals surface area contributed by atoms with E-state index in [2.05, 4.69) is 4.74 Å². The lowest BCUT2D eigenvalue weighted by Crippen LogP contribution is -2.44. The summed E-state index contributed by atoms with van der Waals surface area (Å²) in [6, 6.07) is 3.61. The van der Waals surface area contributed by atoms with E-state index < -0.39 is 11.6 Å². The van der Waals surface area contributed by atoms with Crippen LogP contribution in [0.4, 0.5) is 0 Å². The third kappa shape index (κ3) is 2.26. The predicted molar refractivity (Wildman–Crippen MR) is 68.5 cm³/mol. The van der Waals surface area contributed by atoms with Gasteiger partial charge < -0.3 is 19.3 Å². The van der Waals surface area contributed by atoms with Crippen LogP contribution in [-0.2, 0) is 22.4 Å². The molecule has 0 spiro atoms. The quantitative estimate of drug-likeness (QED) is 0.830. The number of aliphatic hydroxyl groups is 1. The molecule has 0 amide bonds. The Hall–Kier alpha value is -1.75. The molecule has 1 N–H and O–H groups in total. The molecule has 5 heteroatoms. The van der Waals surface area contributed by atoms with Gasteiger partial charge in [-0.2, -0.15) is 0 Å². The van der Waals surface area contributed by atoms with E-state index in [4.69, 9.17) is 9.47 Å². The van der Waals surface area contributed by atoms with Crippen molar-refractivity contribution in [3.8, 4) is 11.5 Å². The van der Waals surface area contributed by atoms with Crippen LogP contribution in [0.5, 0.6) is 11.5 Å². The molecule has 0 saturated carbocycles. The molecule has 1 atom stereocenters. The van der Waals surface area contributed by atoms with E-state index in [1.54, 1.807) is 20.3 Å². The monoisotopic (exact) mass is 266 g/mol. The molecule has 2 rings (SSSR count). The number of esters is 1. The normalized spacial score (nSPS) is 21.5. The molecule has 1 aromatic rings. The van der Waals surface area contributed by atoms with Crippen molar-refractivity contribution in [2.24, 2.45) is 0 Å². The van der Waals surface area contributed by atoms with Crippen molar-refractivity contribution in [3.05, 3.63) is 23.3 Å². The van der Waals surface area contributed by atoms with Gasteiger partial charge in [0.2, 0.25) is 0 Å². The van der Waals surface area contributed by atoms with E-state index in [9.17, 15) is 9.90 Å². The lowest BCUT2D eigenvalue weighted by atomic mass is 9.79. The SMILES string of the molecule is COC(=O)C1(O)CCc2c(OC)ccc(OC)c2C1. The first kappa shape index (κ1) is 13.7. The highest BCUT2D eigenvalue weighted by molar-refractivity contribution is 5.80. The third-order valence-electron chi connectivity index (χ3n) is 3.61. The summed E-state index contributed by atoms with van der Waals surface area (Å²) in [5.41, 5.74) is 0.304. The molecular formula is C14H18O5. The van der Waals surface area contributed by atoms with E-state index in [1.807, 2.05) is 6.07 Å². The van der Waals surface area contributed by atoms with Crippen molar-refractivity contribution in [2.45, 2.75) is 24.9 Å². The molecule has 0 saturated heterocycles. The van der Waals surface area contributed by atoms with Crippen molar-refractivity contribution < 1.29 is 24.1 Å². The van der Waals surface area contributed by atoms with Crippen LogP contribution in [0, 0.1) is 0 Å². The topological polar surface area (TPSA) is 65.0 Å².